The Labute approximate surface area is 202 Å². The first-order valence-corrected chi connectivity index (χ1v) is 11.5. The van der Waals surface area contributed by atoms with E-state index in [0.29, 0.717) is 60.1 Å². The Morgan fingerprint density at radius 2 is 1.74 bits per heavy atom. The Bertz CT molecular complexity index is 1080. The van der Waals surface area contributed by atoms with Gasteiger partial charge in [0.1, 0.15) is 6.04 Å². The van der Waals surface area contributed by atoms with Crippen LogP contribution in [-0.2, 0) is 4.79 Å². The van der Waals surface area contributed by atoms with Gasteiger partial charge in [-0.05, 0) is 61.2 Å². The molecular weight excluding hydrogens is 458 g/mol. The highest BCUT2D eigenvalue weighted by Gasteiger charge is 2.34. The van der Waals surface area contributed by atoms with Crippen LogP contribution in [0.4, 0.5) is 0 Å². The van der Waals surface area contributed by atoms with E-state index < -0.39 is 6.04 Å². The fraction of sp³-hybridized carbons (Fsp3) is 0.320. The summed E-state index contributed by atoms with van der Waals surface area (Å²) in [5, 5.41) is 6.24. The molecule has 2 aromatic carbocycles. The van der Waals surface area contributed by atoms with Gasteiger partial charge in [-0.25, -0.2) is 0 Å². The van der Waals surface area contributed by atoms with Gasteiger partial charge in [-0.3, -0.25) is 14.4 Å². The van der Waals surface area contributed by atoms with Crippen LogP contribution in [0, 0.1) is 5.92 Å². The molecule has 2 heterocycles. The average Bonchev–Trinajstić information content (AvgIpc) is 3.34. The molecule has 1 saturated heterocycles. The number of fused-ring (bicyclic) bond motifs is 1. The molecule has 2 N–H and O–H groups in total. The Balaban J connectivity index is 1.43. The van der Waals surface area contributed by atoms with Crippen LogP contribution in [0.3, 0.4) is 0 Å². The van der Waals surface area contributed by atoms with E-state index in [1.54, 1.807) is 53.4 Å². The van der Waals surface area contributed by atoms with Crippen LogP contribution in [0.5, 0.6) is 11.5 Å². The van der Waals surface area contributed by atoms with Gasteiger partial charge in [0.25, 0.3) is 11.8 Å². The molecule has 34 heavy (non-hydrogen) atoms. The van der Waals surface area contributed by atoms with Crippen molar-refractivity contribution in [3.8, 4) is 11.5 Å². The lowest BCUT2D eigenvalue weighted by Crippen LogP contribution is -2.53. The number of nitrogens with zero attached hydrogens (tertiary/aromatic N) is 1. The maximum atomic E-state index is 13.0. The molecule has 0 aliphatic carbocycles. The number of rotatable bonds is 7. The number of likely N-dealkylation sites (tertiary alicyclic amines) is 1. The SMILES string of the molecule is C=CCNC(=O)C(NC(=O)c1ccc2c(c1)OCO2)C1CCN(C(=O)c2ccc(Cl)cc2)CC1. The van der Waals surface area contributed by atoms with E-state index in [9.17, 15) is 14.4 Å². The van der Waals surface area contributed by atoms with Gasteiger partial charge in [-0.2, -0.15) is 0 Å². The second-order valence-electron chi connectivity index (χ2n) is 8.19. The van der Waals surface area contributed by atoms with Crippen LogP contribution in [0.25, 0.3) is 0 Å². The smallest absolute Gasteiger partial charge is 0.253 e. The van der Waals surface area contributed by atoms with Crippen molar-refractivity contribution in [2.24, 2.45) is 5.92 Å². The zero-order valence-electron chi connectivity index (χ0n) is 18.6. The van der Waals surface area contributed by atoms with Crippen LogP contribution in [0.1, 0.15) is 33.6 Å². The van der Waals surface area contributed by atoms with E-state index in [0.717, 1.165) is 0 Å². The standard InChI is InChI=1S/C25H26ClN3O5/c1-2-11-27-24(31)22(28-23(30)18-5-8-20-21(14-18)34-15-33-20)16-9-12-29(13-10-16)25(32)17-3-6-19(26)7-4-17/h2-8,14,16,22H,1,9-13,15H2,(H,27,31)(H,28,30). The summed E-state index contributed by atoms with van der Waals surface area (Å²) < 4.78 is 10.6. The molecule has 0 aromatic heterocycles. The topological polar surface area (TPSA) is 97.0 Å². The average molecular weight is 484 g/mol. The Morgan fingerprint density at radius 3 is 2.44 bits per heavy atom. The molecule has 2 aliphatic rings. The van der Waals surface area contributed by atoms with Crippen molar-refractivity contribution in [2.75, 3.05) is 26.4 Å². The van der Waals surface area contributed by atoms with Crippen LogP contribution in [0.15, 0.2) is 55.1 Å². The summed E-state index contributed by atoms with van der Waals surface area (Å²) in [6.45, 7) is 5.00. The van der Waals surface area contributed by atoms with Crippen LogP contribution in [-0.4, -0.2) is 55.1 Å². The van der Waals surface area contributed by atoms with Crippen molar-refractivity contribution in [1.82, 2.24) is 15.5 Å². The van der Waals surface area contributed by atoms with E-state index in [4.69, 9.17) is 21.1 Å². The van der Waals surface area contributed by atoms with E-state index >= 15 is 0 Å². The summed E-state index contributed by atoms with van der Waals surface area (Å²) in [6, 6.07) is 10.9. The van der Waals surface area contributed by atoms with Gasteiger partial charge in [0.05, 0.1) is 0 Å². The van der Waals surface area contributed by atoms with Gasteiger partial charge in [0, 0.05) is 35.8 Å². The molecule has 8 nitrogen and oxygen atoms in total. The van der Waals surface area contributed by atoms with E-state index in [2.05, 4.69) is 17.2 Å². The number of carbonyl (C=O) groups is 3. The number of ether oxygens (including phenoxy) is 2. The number of carbonyl (C=O) groups excluding carboxylic acids is 3. The summed E-state index contributed by atoms with van der Waals surface area (Å²) in [5.74, 6) is 0.210. The van der Waals surface area contributed by atoms with Crippen LogP contribution < -0.4 is 20.1 Å². The van der Waals surface area contributed by atoms with E-state index in [-0.39, 0.29) is 30.4 Å². The lowest BCUT2D eigenvalue weighted by molar-refractivity contribution is -0.124. The minimum Gasteiger partial charge on any atom is -0.454 e. The summed E-state index contributed by atoms with van der Waals surface area (Å²) in [7, 11) is 0. The summed E-state index contributed by atoms with van der Waals surface area (Å²) in [4.78, 5) is 40.5. The molecule has 0 saturated carbocycles. The van der Waals surface area contributed by atoms with Crippen molar-refractivity contribution in [1.29, 1.82) is 0 Å². The molecular formula is C25H26ClN3O5. The van der Waals surface area contributed by atoms with Gasteiger partial charge in [-0.1, -0.05) is 17.7 Å². The van der Waals surface area contributed by atoms with Crippen LogP contribution in [0.2, 0.25) is 5.02 Å². The highest BCUT2D eigenvalue weighted by molar-refractivity contribution is 6.30. The molecule has 2 aliphatic heterocycles. The molecule has 178 valence electrons. The lowest BCUT2D eigenvalue weighted by atomic mass is 9.88. The maximum absolute atomic E-state index is 13.0. The van der Waals surface area contributed by atoms with Crippen molar-refractivity contribution in [3.63, 3.8) is 0 Å². The third-order valence-corrected chi connectivity index (χ3v) is 6.27. The predicted molar refractivity (Wildman–Crippen MR) is 127 cm³/mol. The quantitative estimate of drug-likeness (QED) is 0.590. The second kappa shape index (κ2) is 10.6. The van der Waals surface area contributed by atoms with Crippen molar-refractivity contribution in [3.05, 3.63) is 71.3 Å². The van der Waals surface area contributed by atoms with Gasteiger partial charge in [0.2, 0.25) is 12.7 Å². The number of amides is 3. The third kappa shape index (κ3) is 5.34. The molecule has 9 heteroatoms. The van der Waals surface area contributed by atoms with Gasteiger partial charge < -0.3 is 25.0 Å². The van der Waals surface area contributed by atoms with Gasteiger partial charge in [-0.15, -0.1) is 6.58 Å². The zero-order chi connectivity index (χ0) is 24.1. The molecule has 0 bridgehead atoms. The normalized spacial score (nSPS) is 16.0. The Morgan fingerprint density at radius 1 is 1.06 bits per heavy atom. The molecule has 1 atom stereocenters. The van der Waals surface area contributed by atoms with E-state index in [1.165, 1.54) is 0 Å². The Hall–Kier alpha value is -3.52. The number of nitrogens with one attached hydrogen (secondary N) is 2. The first-order valence-electron chi connectivity index (χ1n) is 11.1. The monoisotopic (exact) mass is 483 g/mol. The molecule has 0 radical (unpaired) electrons. The number of hydrogen-bond donors (Lipinski definition) is 2. The summed E-state index contributed by atoms with van der Waals surface area (Å²) in [5.41, 5.74) is 0.945. The highest BCUT2D eigenvalue weighted by atomic mass is 35.5. The van der Waals surface area contributed by atoms with Crippen molar-refractivity contribution < 1.29 is 23.9 Å². The fourth-order valence-corrected chi connectivity index (χ4v) is 4.28. The first kappa shape index (κ1) is 23.6. The number of hydrogen-bond acceptors (Lipinski definition) is 5. The summed E-state index contributed by atoms with van der Waals surface area (Å²) >= 11 is 5.92. The predicted octanol–water partition coefficient (Wildman–Crippen LogP) is 3.02. The molecule has 1 unspecified atom stereocenters. The third-order valence-electron chi connectivity index (χ3n) is 6.01. The minimum atomic E-state index is -0.745. The van der Waals surface area contributed by atoms with Crippen molar-refractivity contribution >= 4 is 29.3 Å². The largest absolute Gasteiger partial charge is 0.454 e. The van der Waals surface area contributed by atoms with Crippen molar-refractivity contribution in [2.45, 2.75) is 18.9 Å². The maximum Gasteiger partial charge on any atom is 0.253 e. The Kier molecular flexibility index (Phi) is 7.37. The fourth-order valence-electron chi connectivity index (χ4n) is 4.15. The van der Waals surface area contributed by atoms with Gasteiger partial charge in [0.15, 0.2) is 11.5 Å². The molecule has 0 spiro atoms. The molecule has 2 aromatic rings. The minimum absolute atomic E-state index is 0.0767. The zero-order valence-corrected chi connectivity index (χ0v) is 19.3. The second-order valence-corrected chi connectivity index (χ2v) is 8.63. The summed E-state index contributed by atoms with van der Waals surface area (Å²) in [6.07, 6.45) is 2.74. The first-order chi connectivity index (χ1) is 16.5. The van der Waals surface area contributed by atoms with Gasteiger partial charge >= 0.3 is 0 Å². The highest BCUT2D eigenvalue weighted by Crippen LogP contribution is 2.32. The number of halogens is 1. The molecule has 1 fully saturated rings. The molecule has 4 rings (SSSR count). The molecule has 3 amide bonds. The lowest BCUT2D eigenvalue weighted by Gasteiger charge is -2.35. The van der Waals surface area contributed by atoms with Crippen LogP contribution >= 0.6 is 11.6 Å². The number of piperidine rings is 1. The number of benzene rings is 2. The van der Waals surface area contributed by atoms with E-state index in [1.807, 2.05) is 0 Å².